The van der Waals surface area contributed by atoms with Gasteiger partial charge in [0.25, 0.3) is 0 Å². The molecule has 0 aromatic heterocycles. The topological polar surface area (TPSA) is 83.5 Å². The van der Waals surface area contributed by atoms with E-state index in [1.807, 2.05) is 0 Å². The van der Waals surface area contributed by atoms with Gasteiger partial charge in [-0.25, -0.2) is 13.1 Å². The van der Waals surface area contributed by atoms with Crippen LogP contribution in [0.1, 0.15) is 12.0 Å². The predicted octanol–water partition coefficient (Wildman–Crippen LogP) is 1.76. The fourth-order valence-electron chi connectivity index (χ4n) is 2.02. The molecule has 0 bridgehead atoms. The first-order valence-corrected chi connectivity index (χ1v) is 8.08. The number of benzene rings is 1. The van der Waals surface area contributed by atoms with Crippen molar-refractivity contribution in [3.63, 3.8) is 0 Å². The lowest BCUT2D eigenvalue weighted by atomic mass is 10.2. The van der Waals surface area contributed by atoms with Gasteiger partial charge < -0.3 is 5.11 Å². The van der Waals surface area contributed by atoms with Crippen LogP contribution < -0.4 is 4.72 Å². The second kappa shape index (κ2) is 5.22. The number of halogens is 1. The number of rotatable bonds is 5. The summed E-state index contributed by atoms with van der Waals surface area (Å²) in [5.74, 6) is -1.38. The number of carboxylic acids is 1. The fraction of sp³-hybridized carbons (Fsp3) is 0.417. The Morgan fingerprint density at radius 2 is 2.21 bits per heavy atom. The Labute approximate surface area is 120 Å². The molecule has 0 unspecified atom stereocenters. The van der Waals surface area contributed by atoms with E-state index in [0.717, 1.165) is 0 Å². The highest BCUT2D eigenvalue weighted by Gasteiger charge is 2.43. The minimum absolute atomic E-state index is 0.102. The van der Waals surface area contributed by atoms with Crippen molar-refractivity contribution < 1.29 is 18.3 Å². The van der Waals surface area contributed by atoms with E-state index in [1.165, 1.54) is 0 Å². The van der Waals surface area contributed by atoms with E-state index in [-0.39, 0.29) is 17.4 Å². The second-order valence-corrected chi connectivity index (χ2v) is 7.24. The molecular formula is C12H14BrNO4S. The van der Waals surface area contributed by atoms with Crippen LogP contribution in [-0.2, 0) is 14.8 Å². The van der Waals surface area contributed by atoms with Crippen LogP contribution >= 0.6 is 15.9 Å². The molecule has 1 aromatic carbocycles. The van der Waals surface area contributed by atoms with Crippen LogP contribution in [0.25, 0.3) is 0 Å². The van der Waals surface area contributed by atoms with Crippen molar-refractivity contribution in [2.45, 2.75) is 18.2 Å². The minimum Gasteiger partial charge on any atom is -0.481 e. The molecule has 2 N–H and O–H groups in total. The maximum absolute atomic E-state index is 12.2. The van der Waals surface area contributed by atoms with E-state index >= 15 is 0 Å². The number of sulfonamides is 1. The molecule has 1 fully saturated rings. The molecule has 0 heterocycles. The zero-order valence-electron chi connectivity index (χ0n) is 10.3. The Bertz CT molecular complexity index is 594. The summed E-state index contributed by atoms with van der Waals surface area (Å²) in [6, 6.07) is 5.15. The molecule has 0 spiro atoms. The molecule has 19 heavy (non-hydrogen) atoms. The van der Waals surface area contributed by atoms with Gasteiger partial charge >= 0.3 is 5.97 Å². The van der Waals surface area contributed by atoms with Crippen molar-refractivity contribution >= 4 is 31.9 Å². The Morgan fingerprint density at radius 1 is 1.53 bits per heavy atom. The maximum Gasteiger partial charge on any atom is 0.306 e. The molecule has 7 heteroatoms. The average Bonchev–Trinajstić information content (AvgIpc) is 3.05. The first kappa shape index (κ1) is 14.5. The molecule has 0 saturated heterocycles. The molecule has 1 aliphatic carbocycles. The van der Waals surface area contributed by atoms with E-state index in [4.69, 9.17) is 5.11 Å². The largest absolute Gasteiger partial charge is 0.481 e. The van der Waals surface area contributed by atoms with Crippen molar-refractivity contribution in [1.82, 2.24) is 4.72 Å². The molecule has 2 atom stereocenters. The SMILES string of the molecule is Cc1cccc(Br)c1S(=O)(=O)NC[C@@H]1C[C@@H]1C(=O)O. The summed E-state index contributed by atoms with van der Waals surface area (Å²) in [6.45, 7) is 1.89. The lowest BCUT2D eigenvalue weighted by Crippen LogP contribution is -2.27. The molecule has 2 rings (SSSR count). The van der Waals surface area contributed by atoms with E-state index < -0.39 is 21.9 Å². The van der Waals surface area contributed by atoms with Gasteiger partial charge in [0.1, 0.15) is 0 Å². The first-order chi connectivity index (χ1) is 8.83. The van der Waals surface area contributed by atoms with Crippen LogP contribution in [0.4, 0.5) is 0 Å². The zero-order valence-corrected chi connectivity index (χ0v) is 12.7. The standard InChI is InChI=1S/C12H14BrNO4S/c1-7-3-2-4-10(13)11(7)19(17,18)14-6-8-5-9(8)12(15)16/h2-4,8-9,14H,5-6H2,1H3,(H,15,16)/t8-,9-/m0/s1. The van der Waals surface area contributed by atoms with E-state index in [1.54, 1.807) is 25.1 Å². The summed E-state index contributed by atoms with van der Waals surface area (Å²) >= 11 is 3.23. The number of hydrogen-bond acceptors (Lipinski definition) is 3. The van der Waals surface area contributed by atoms with Gasteiger partial charge in [0.05, 0.1) is 10.8 Å². The van der Waals surface area contributed by atoms with Crippen LogP contribution in [0.2, 0.25) is 0 Å². The van der Waals surface area contributed by atoms with Crippen molar-refractivity contribution in [3.05, 3.63) is 28.2 Å². The normalized spacial score (nSPS) is 22.2. The summed E-state index contributed by atoms with van der Waals surface area (Å²) in [4.78, 5) is 10.9. The number of carbonyl (C=O) groups is 1. The van der Waals surface area contributed by atoms with Gasteiger partial charge in [0.2, 0.25) is 10.0 Å². The number of carboxylic acid groups (broad SMARTS) is 1. The molecule has 1 aliphatic rings. The Morgan fingerprint density at radius 3 is 2.74 bits per heavy atom. The Kier molecular flexibility index (Phi) is 3.98. The third kappa shape index (κ3) is 3.16. The van der Waals surface area contributed by atoms with E-state index in [0.29, 0.717) is 16.5 Å². The van der Waals surface area contributed by atoms with Gasteiger partial charge in [0, 0.05) is 11.0 Å². The average molecular weight is 348 g/mol. The van der Waals surface area contributed by atoms with Crippen LogP contribution in [-0.4, -0.2) is 26.0 Å². The quantitative estimate of drug-likeness (QED) is 0.849. The third-order valence-corrected chi connectivity index (χ3v) is 5.76. The summed E-state index contributed by atoms with van der Waals surface area (Å²) in [5.41, 5.74) is 0.646. The third-order valence-electron chi connectivity index (χ3n) is 3.21. The molecule has 1 aromatic rings. The molecular weight excluding hydrogens is 334 g/mol. The van der Waals surface area contributed by atoms with Gasteiger partial charge in [-0.15, -0.1) is 0 Å². The lowest BCUT2D eigenvalue weighted by Gasteiger charge is -2.10. The monoisotopic (exact) mass is 347 g/mol. The van der Waals surface area contributed by atoms with Crippen LogP contribution in [0.5, 0.6) is 0 Å². The lowest BCUT2D eigenvalue weighted by molar-refractivity contribution is -0.138. The molecule has 0 radical (unpaired) electrons. The smallest absolute Gasteiger partial charge is 0.306 e. The van der Waals surface area contributed by atoms with Gasteiger partial charge in [-0.05, 0) is 46.8 Å². The summed E-state index contributed by atoms with van der Waals surface area (Å²) in [5, 5.41) is 8.77. The van der Waals surface area contributed by atoms with Gasteiger partial charge in [-0.2, -0.15) is 0 Å². The van der Waals surface area contributed by atoms with Crippen LogP contribution in [0.3, 0.4) is 0 Å². The Balaban J connectivity index is 2.09. The first-order valence-electron chi connectivity index (χ1n) is 5.80. The van der Waals surface area contributed by atoms with Gasteiger partial charge in [-0.3, -0.25) is 4.79 Å². The predicted molar refractivity (Wildman–Crippen MR) is 73.3 cm³/mol. The maximum atomic E-state index is 12.2. The summed E-state index contributed by atoms with van der Waals surface area (Å²) < 4.78 is 27.4. The zero-order chi connectivity index (χ0) is 14.2. The van der Waals surface area contributed by atoms with Crippen LogP contribution in [0, 0.1) is 18.8 Å². The van der Waals surface area contributed by atoms with Gasteiger partial charge in [-0.1, -0.05) is 12.1 Å². The number of aryl methyl sites for hydroxylation is 1. The molecule has 0 amide bonds. The number of hydrogen-bond donors (Lipinski definition) is 2. The van der Waals surface area contributed by atoms with Crippen LogP contribution in [0.15, 0.2) is 27.6 Å². The van der Waals surface area contributed by atoms with E-state index in [9.17, 15) is 13.2 Å². The Hall–Kier alpha value is -0.920. The summed E-state index contributed by atoms with van der Waals surface area (Å²) in [7, 11) is -3.62. The van der Waals surface area contributed by atoms with Crippen molar-refractivity contribution in [3.8, 4) is 0 Å². The molecule has 5 nitrogen and oxygen atoms in total. The van der Waals surface area contributed by atoms with Crippen molar-refractivity contribution in [1.29, 1.82) is 0 Å². The highest BCUT2D eigenvalue weighted by Crippen LogP contribution is 2.38. The second-order valence-electron chi connectivity index (χ2n) is 4.68. The number of aliphatic carboxylic acids is 1. The number of nitrogens with one attached hydrogen (secondary N) is 1. The fourth-order valence-corrected chi connectivity index (χ4v) is 4.52. The van der Waals surface area contributed by atoms with Gasteiger partial charge in [0.15, 0.2) is 0 Å². The highest BCUT2D eigenvalue weighted by molar-refractivity contribution is 9.10. The van der Waals surface area contributed by atoms with Crippen molar-refractivity contribution in [2.24, 2.45) is 11.8 Å². The summed E-state index contributed by atoms with van der Waals surface area (Å²) in [6.07, 6.45) is 0.535. The molecule has 1 saturated carbocycles. The highest BCUT2D eigenvalue weighted by atomic mass is 79.9. The minimum atomic E-state index is -3.62. The molecule has 0 aliphatic heterocycles. The molecule has 104 valence electrons. The van der Waals surface area contributed by atoms with Crippen molar-refractivity contribution in [2.75, 3.05) is 6.54 Å². The van der Waals surface area contributed by atoms with E-state index in [2.05, 4.69) is 20.7 Å².